The molecule has 17 heavy (non-hydrogen) atoms. The largest absolute Gasteiger partial charge is 0.441 e. The van der Waals surface area contributed by atoms with E-state index in [0.29, 0.717) is 12.4 Å². The van der Waals surface area contributed by atoms with Crippen LogP contribution in [0.1, 0.15) is 23.9 Å². The quantitative estimate of drug-likeness (QED) is 0.878. The lowest BCUT2D eigenvalue weighted by Crippen LogP contribution is -2.03. The average Bonchev–Trinajstić information content (AvgIpc) is 2.72. The van der Waals surface area contributed by atoms with E-state index in [4.69, 9.17) is 10.2 Å². The van der Waals surface area contributed by atoms with Crippen LogP contribution in [0, 0.1) is 6.92 Å². The van der Waals surface area contributed by atoms with E-state index < -0.39 is 0 Å². The molecule has 2 N–H and O–H groups in total. The molecule has 1 aromatic carbocycles. The zero-order valence-electron chi connectivity index (χ0n) is 10.4. The van der Waals surface area contributed by atoms with Crippen LogP contribution < -0.4 is 5.73 Å². The van der Waals surface area contributed by atoms with Gasteiger partial charge in [0.2, 0.25) is 5.89 Å². The molecule has 0 fully saturated rings. The summed E-state index contributed by atoms with van der Waals surface area (Å²) in [6, 6.07) is 8.32. The predicted octanol–water partition coefficient (Wildman–Crippen LogP) is 2.71. The Hall–Kier alpha value is -1.61. The van der Waals surface area contributed by atoms with Gasteiger partial charge in [0.1, 0.15) is 5.76 Å². The highest BCUT2D eigenvalue weighted by atomic mass is 16.4. The van der Waals surface area contributed by atoms with Crippen LogP contribution in [0.25, 0.3) is 11.5 Å². The summed E-state index contributed by atoms with van der Waals surface area (Å²) in [6.07, 6.45) is 1.81. The fraction of sp³-hybridized carbons (Fsp3) is 0.357. The molecule has 0 bridgehead atoms. The molecule has 0 saturated heterocycles. The fourth-order valence-corrected chi connectivity index (χ4v) is 1.80. The highest BCUT2D eigenvalue weighted by Crippen LogP contribution is 2.22. The average molecular weight is 230 g/mol. The van der Waals surface area contributed by atoms with E-state index in [9.17, 15) is 0 Å². The molecule has 1 heterocycles. The van der Waals surface area contributed by atoms with Gasteiger partial charge in [0, 0.05) is 12.0 Å². The molecule has 2 rings (SSSR count). The first-order valence-corrected chi connectivity index (χ1v) is 6.00. The maximum Gasteiger partial charge on any atom is 0.226 e. The lowest BCUT2D eigenvalue weighted by molar-refractivity contribution is 0.539. The molecule has 3 heteroatoms. The Morgan fingerprint density at radius 1 is 1.24 bits per heavy atom. The molecule has 3 nitrogen and oxygen atoms in total. The van der Waals surface area contributed by atoms with E-state index in [0.717, 1.165) is 29.9 Å². The third kappa shape index (κ3) is 2.56. The molecule has 0 aliphatic rings. The molecule has 0 amide bonds. The fourth-order valence-electron chi connectivity index (χ4n) is 1.80. The molecule has 0 aliphatic carbocycles. The Balaban J connectivity index is 2.29. The van der Waals surface area contributed by atoms with Crippen molar-refractivity contribution in [1.29, 1.82) is 0 Å². The minimum Gasteiger partial charge on any atom is -0.441 e. The molecular formula is C14H18N2O. The van der Waals surface area contributed by atoms with Crippen molar-refractivity contribution in [3.05, 3.63) is 41.3 Å². The van der Waals surface area contributed by atoms with Gasteiger partial charge in [-0.2, -0.15) is 0 Å². The van der Waals surface area contributed by atoms with Gasteiger partial charge >= 0.3 is 0 Å². The van der Waals surface area contributed by atoms with Crippen molar-refractivity contribution < 1.29 is 4.42 Å². The first kappa shape index (κ1) is 11.9. The van der Waals surface area contributed by atoms with Gasteiger partial charge in [0.15, 0.2) is 0 Å². The zero-order valence-corrected chi connectivity index (χ0v) is 10.4. The summed E-state index contributed by atoms with van der Waals surface area (Å²) in [5.41, 5.74) is 8.83. The highest BCUT2D eigenvalue weighted by Gasteiger charge is 2.10. The van der Waals surface area contributed by atoms with Crippen LogP contribution in [0.4, 0.5) is 0 Å². The SMILES string of the molecule is CCc1ccc(-c2nc(CCN)c(C)o2)cc1. The first-order valence-electron chi connectivity index (χ1n) is 6.00. The summed E-state index contributed by atoms with van der Waals surface area (Å²) < 4.78 is 5.66. The molecule has 1 aromatic heterocycles. The maximum absolute atomic E-state index is 5.66. The van der Waals surface area contributed by atoms with Crippen molar-refractivity contribution in [2.24, 2.45) is 5.73 Å². The summed E-state index contributed by atoms with van der Waals surface area (Å²) in [7, 11) is 0. The number of aromatic nitrogens is 1. The summed E-state index contributed by atoms with van der Waals surface area (Å²) >= 11 is 0. The van der Waals surface area contributed by atoms with Gasteiger partial charge < -0.3 is 10.2 Å². The number of oxazole rings is 1. The van der Waals surface area contributed by atoms with Crippen LogP contribution in [-0.2, 0) is 12.8 Å². The third-order valence-corrected chi connectivity index (χ3v) is 2.88. The summed E-state index contributed by atoms with van der Waals surface area (Å²) in [4.78, 5) is 4.48. The lowest BCUT2D eigenvalue weighted by atomic mass is 10.1. The number of benzene rings is 1. The van der Waals surface area contributed by atoms with Crippen LogP contribution in [0.3, 0.4) is 0 Å². The van der Waals surface area contributed by atoms with Gasteiger partial charge in [-0.15, -0.1) is 0 Å². The van der Waals surface area contributed by atoms with E-state index in [2.05, 4.69) is 36.2 Å². The minimum absolute atomic E-state index is 0.599. The van der Waals surface area contributed by atoms with Gasteiger partial charge in [-0.3, -0.25) is 0 Å². The second kappa shape index (κ2) is 5.15. The van der Waals surface area contributed by atoms with Crippen LogP contribution in [-0.4, -0.2) is 11.5 Å². The van der Waals surface area contributed by atoms with Crippen LogP contribution >= 0.6 is 0 Å². The number of rotatable bonds is 4. The molecular weight excluding hydrogens is 212 g/mol. The van der Waals surface area contributed by atoms with Gasteiger partial charge in [-0.25, -0.2) is 4.98 Å². The second-order valence-electron chi connectivity index (χ2n) is 4.11. The van der Waals surface area contributed by atoms with Crippen molar-refractivity contribution in [3.63, 3.8) is 0 Å². The van der Waals surface area contributed by atoms with Crippen molar-refractivity contribution in [1.82, 2.24) is 4.98 Å². The standard InChI is InChI=1S/C14H18N2O/c1-3-11-4-6-12(7-5-11)14-16-13(8-9-15)10(2)17-14/h4-7H,3,8-9,15H2,1-2H3. The normalized spacial score (nSPS) is 10.8. The second-order valence-corrected chi connectivity index (χ2v) is 4.11. The van der Waals surface area contributed by atoms with Gasteiger partial charge in [0.25, 0.3) is 0 Å². The number of aryl methyl sites for hydroxylation is 2. The van der Waals surface area contributed by atoms with E-state index in [1.807, 2.05) is 6.92 Å². The van der Waals surface area contributed by atoms with Crippen molar-refractivity contribution in [2.75, 3.05) is 6.54 Å². The van der Waals surface area contributed by atoms with Crippen molar-refractivity contribution in [2.45, 2.75) is 26.7 Å². The van der Waals surface area contributed by atoms with Crippen LogP contribution in [0.2, 0.25) is 0 Å². The molecule has 90 valence electrons. The number of nitrogens with zero attached hydrogens (tertiary/aromatic N) is 1. The molecule has 0 unspecified atom stereocenters. The van der Waals surface area contributed by atoms with Crippen LogP contribution in [0.15, 0.2) is 28.7 Å². The summed E-state index contributed by atoms with van der Waals surface area (Å²) in [5, 5.41) is 0. The summed E-state index contributed by atoms with van der Waals surface area (Å²) in [6.45, 7) is 4.67. The van der Waals surface area contributed by atoms with E-state index in [-0.39, 0.29) is 0 Å². The molecule has 0 spiro atoms. The van der Waals surface area contributed by atoms with E-state index >= 15 is 0 Å². The number of hydrogen-bond donors (Lipinski definition) is 1. The maximum atomic E-state index is 5.66. The predicted molar refractivity (Wildman–Crippen MR) is 68.8 cm³/mol. The number of hydrogen-bond acceptors (Lipinski definition) is 3. The lowest BCUT2D eigenvalue weighted by Gasteiger charge is -1.97. The Morgan fingerprint density at radius 2 is 1.94 bits per heavy atom. The molecule has 0 aliphatic heterocycles. The Morgan fingerprint density at radius 3 is 2.53 bits per heavy atom. The molecule has 0 atom stereocenters. The van der Waals surface area contributed by atoms with E-state index in [1.165, 1.54) is 5.56 Å². The first-order chi connectivity index (χ1) is 8.24. The summed E-state index contributed by atoms with van der Waals surface area (Å²) in [5.74, 6) is 1.55. The van der Waals surface area contributed by atoms with Gasteiger partial charge in [0.05, 0.1) is 5.69 Å². The van der Waals surface area contributed by atoms with Gasteiger partial charge in [-0.05, 0) is 37.6 Å². The zero-order chi connectivity index (χ0) is 12.3. The smallest absolute Gasteiger partial charge is 0.226 e. The van der Waals surface area contributed by atoms with E-state index in [1.54, 1.807) is 0 Å². The minimum atomic E-state index is 0.599. The topological polar surface area (TPSA) is 52.0 Å². The molecule has 2 aromatic rings. The highest BCUT2D eigenvalue weighted by molar-refractivity contribution is 5.54. The van der Waals surface area contributed by atoms with Crippen molar-refractivity contribution >= 4 is 0 Å². The molecule has 0 radical (unpaired) electrons. The van der Waals surface area contributed by atoms with Crippen LogP contribution in [0.5, 0.6) is 0 Å². The van der Waals surface area contributed by atoms with Crippen molar-refractivity contribution in [3.8, 4) is 11.5 Å². The van der Waals surface area contributed by atoms with Gasteiger partial charge in [-0.1, -0.05) is 19.1 Å². The Labute approximate surface area is 102 Å². The monoisotopic (exact) mass is 230 g/mol. The Kier molecular flexibility index (Phi) is 3.59. The Bertz CT molecular complexity index is 485. The third-order valence-electron chi connectivity index (χ3n) is 2.88. The molecule has 0 saturated carbocycles. The number of nitrogens with two attached hydrogens (primary N) is 1.